The van der Waals surface area contributed by atoms with Gasteiger partial charge in [-0.1, -0.05) is 0 Å². The maximum absolute atomic E-state index is 11.1. The van der Waals surface area contributed by atoms with Crippen LogP contribution >= 0.6 is 0 Å². The summed E-state index contributed by atoms with van der Waals surface area (Å²) >= 11 is 0. The predicted octanol–water partition coefficient (Wildman–Crippen LogP) is 0.607. The topological polar surface area (TPSA) is 75.7 Å². The third kappa shape index (κ3) is 1.40. The van der Waals surface area contributed by atoms with Crippen molar-refractivity contribution in [1.82, 2.24) is 15.0 Å². The number of fused-ring (bicyclic) bond motifs is 1. The van der Waals surface area contributed by atoms with E-state index in [2.05, 4.69) is 15.0 Å². The van der Waals surface area contributed by atoms with Crippen LogP contribution in [-0.4, -0.2) is 29.6 Å². The monoisotopic (exact) mass is 199 g/mol. The predicted molar refractivity (Wildman–Crippen MR) is 49.1 cm³/mol. The summed E-state index contributed by atoms with van der Waals surface area (Å²) in [6.07, 6.45) is 4.21. The average Bonchev–Trinajstić information content (AvgIpc) is 2.45. The van der Waals surface area contributed by atoms with Gasteiger partial charge in [0.1, 0.15) is 0 Å². The van der Waals surface area contributed by atoms with Crippen molar-refractivity contribution in [2.75, 3.05) is 6.26 Å². The van der Waals surface area contributed by atoms with Gasteiger partial charge in [-0.2, -0.15) is 0 Å². The summed E-state index contributed by atoms with van der Waals surface area (Å²) in [6.45, 7) is 0. The molecule has 0 bridgehead atoms. The van der Waals surface area contributed by atoms with Crippen molar-refractivity contribution in [3.8, 4) is 0 Å². The lowest BCUT2D eigenvalue weighted by Crippen LogP contribution is -1.98. The first-order valence-corrected chi connectivity index (χ1v) is 5.46. The summed E-state index contributed by atoms with van der Waals surface area (Å²) in [5, 5.41) is -0.0181. The molecule has 0 saturated heterocycles. The van der Waals surface area contributed by atoms with E-state index in [4.69, 9.17) is 0 Å². The van der Waals surface area contributed by atoms with Crippen LogP contribution in [0.5, 0.6) is 0 Å². The maximum Gasteiger partial charge on any atom is 0.225 e. The number of rotatable bonds is 1. The molecular weight excluding hydrogens is 190 g/mol. The molecule has 0 aromatic carbocycles. The fraction of sp³-hybridized carbons (Fsp3) is 0.143. The summed E-state index contributed by atoms with van der Waals surface area (Å²) in [5.74, 6) is 0. The standard InChI is InChI=1S/C7H7N3O2S.H2/c1-13(11,12)7-9-5-2-3-8-4-6(5)10-7;/h2-4H,1H3,(H,9,10);1H. The molecule has 2 aromatic heterocycles. The second-order valence-electron chi connectivity index (χ2n) is 2.71. The van der Waals surface area contributed by atoms with E-state index < -0.39 is 9.84 Å². The quantitative estimate of drug-likeness (QED) is 0.730. The molecule has 0 aliphatic rings. The minimum atomic E-state index is -3.26. The van der Waals surface area contributed by atoms with E-state index in [-0.39, 0.29) is 6.58 Å². The molecular formula is C7H9N3O2S. The van der Waals surface area contributed by atoms with Gasteiger partial charge in [-0.15, -0.1) is 0 Å². The van der Waals surface area contributed by atoms with Gasteiger partial charge in [0.2, 0.25) is 15.0 Å². The number of H-pyrrole nitrogens is 1. The lowest BCUT2D eigenvalue weighted by atomic mass is 10.4. The molecule has 0 saturated carbocycles. The van der Waals surface area contributed by atoms with Crippen molar-refractivity contribution in [2.45, 2.75) is 5.16 Å². The molecule has 0 radical (unpaired) electrons. The first-order valence-electron chi connectivity index (χ1n) is 3.57. The van der Waals surface area contributed by atoms with E-state index >= 15 is 0 Å². The van der Waals surface area contributed by atoms with Gasteiger partial charge in [0, 0.05) is 13.9 Å². The molecule has 70 valence electrons. The minimum absolute atomic E-state index is 0. The number of nitrogens with one attached hydrogen (secondary N) is 1. The molecule has 1 N–H and O–H groups in total. The molecule has 0 amide bonds. The lowest BCUT2D eigenvalue weighted by Gasteiger charge is -1.86. The highest BCUT2D eigenvalue weighted by atomic mass is 32.2. The third-order valence-electron chi connectivity index (χ3n) is 1.61. The van der Waals surface area contributed by atoms with Crippen LogP contribution in [0.3, 0.4) is 0 Å². The van der Waals surface area contributed by atoms with Crippen molar-refractivity contribution in [3.05, 3.63) is 18.5 Å². The van der Waals surface area contributed by atoms with Crippen molar-refractivity contribution in [3.63, 3.8) is 0 Å². The van der Waals surface area contributed by atoms with E-state index in [0.717, 1.165) is 6.26 Å². The molecule has 13 heavy (non-hydrogen) atoms. The zero-order valence-corrected chi connectivity index (χ0v) is 7.67. The number of hydrogen-bond donors (Lipinski definition) is 1. The molecule has 0 fully saturated rings. The Morgan fingerprint density at radius 1 is 1.54 bits per heavy atom. The van der Waals surface area contributed by atoms with Crippen molar-refractivity contribution in [1.29, 1.82) is 0 Å². The summed E-state index contributed by atoms with van der Waals surface area (Å²) < 4.78 is 22.2. The molecule has 5 nitrogen and oxygen atoms in total. The van der Waals surface area contributed by atoms with Gasteiger partial charge in [-0.05, 0) is 6.07 Å². The van der Waals surface area contributed by atoms with Crippen molar-refractivity contribution < 1.29 is 9.84 Å². The third-order valence-corrected chi connectivity index (χ3v) is 2.51. The molecule has 0 atom stereocenters. The molecule has 0 unspecified atom stereocenters. The van der Waals surface area contributed by atoms with E-state index in [9.17, 15) is 8.42 Å². The Bertz CT molecular complexity index is 516. The zero-order chi connectivity index (χ0) is 9.47. The van der Waals surface area contributed by atoms with Crippen LogP contribution in [0.4, 0.5) is 0 Å². The Labute approximate surface area is 76.2 Å². The number of pyridine rings is 1. The molecule has 6 heteroatoms. The number of aromatic nitrogens is 3. The highest BCUT2D eigenvalue weighted by molar-refractivity contribution is 7.90. The van der Waals surface area contributed by atoms with Crippen molar-refractivity contribution >= 4 is 20.9 Å². The van der Waals surface area contributed by atoms with Gasteiger partial charge in [0.25, 0.3) is 0 Å². The van der Waals surface area contributed by atoms with E-state index in [1.165, 1.54) is 6.20 Å². The van der Waals surface area contributed by atoms with Gasteiger partial charge >= 0.3 is 0 Å². The smallest absolute Gasteiger partial charge is 0.225 e. The summed E-state index contributed by atoms with van der Waals surface area (Å²) in [5.41, 5.74) is 1.23. The summed E-state index contributed by atoms with van der Waals surface area (Å²) in [6, 6.07) is 1.65. The molecule has 2 aromatic rings. The Kier molecular flexibility index (Phi) is 1.59. The highest BCUT2D eigenvalue weighted by Crippen LogP contribution is 2.11. The van der Waals surface area contributed by atoms with Gasteiger partial charge in [-0.25, -0.2) is 13.4 Å². The average molecular weight is 199 g/mol. The Hall–Kier alpha value is -1.43. The number of imidazole rings is 1. The van der Waals surface area contributed by atoms with Crippen LogP contribution in [0, 0.1) is 0 Å². The van der Waals surface area contributed by atoms with E-state index in [0.29, 0.717) is 11.0 Å². The first kappa shape index (κ1) is 8.18. The maximum atomic E-state index is 11.1. The minimum Gasteiger partial charge on any atom is -0.327 e. The van der Waals surface area contributed by atoms with Crippen LogP contribution in [0.15, 0.2) is 23.6 Å². The second kappa shape index (κ2) is 2.53. The van der Waals surface area contributed by atoms with Crippen LogP contribution in [0.1, 0.15) is 1.43 Å². The molecule has 2 heterocycles. The second-order valence-corrected chi connectivity index (χ2v) is 4.64. The Morgan fingerprint density at radius 2 is 2.31 bits per heavy atom. The number of sulfone groups is 1. The summed E-state index contributed by atoms with van der Waals surface area (Å²) in [4.78, 5) is 10.4. The van der Waals surface area contributed by atoms with Gasteiger partial charge in [-0.3, -0.25) is 4.98 Å². The Balaban J connectivity index is 0.000000980. The molecule has 0 spiro atoms. The Morgan fingerprint density at radius 3 is 2.92 bits per heavy atom. The summed E-state index contributed by atoms with van der Waals surface area (Å²) in [7, 11) is -3.26. The number of hydrogen-bond acceptors (Lipinski definition) is 4. The SMILES string of the molecule is CS(=O)(=O)c1nc2ccncc2[nH]1.[HH]. The largest absolute Gasteiger partial charge is 0.327 e. The van der Waals surface area contributed by atoms with Gasteiger partial charge < -0.3 is 4.98 Å². The van der Waals surface area contributed by atoms with Gasteiger partial charge in [0.15, 0.2) is 0 Å². The van der Waals surface area contributed by atoms with E-state index in [1.807, 2.05) is 0 Å². The van der Waals surface area contributed by atoms with Crippen molar-refractivity contribution in [2.24, 2.45) is 0 Å². The number of nitrogens with zero attached hydrogens (tertiary/aromatic N) is 2. The number of aromatic amines is 1. The fourth-order valence-corrected chi connectivity index (χ4v) is 1.57. The fourth-order valence-electron chi connectivity index (χ4n) is 1.01. The van der Waals surface area contributed by atoms with Crippen LogP contribution < -0.4 is 0 Å². The normalized spacial score (nSPS) is 12.1. The first-order chi connectivity index (χ1) is 6.07. The molecule has 2 rings (SSSR count). The molecule has 0 aliphatic carbocycles. The van der Waals surface area contributed by atoms with Crippen LogP contribution in [0.25, 0.3) is 11.0 Å². The van der Waals surface area contributed by atoms with Crippen LogP contribution in [-0.2, 0) is 9.84 Å². The van der Waals surface area contributed by atoms with Gasteiger partial charge in [0.05, 0.1) is 17.2 Å². The zero-order valence-electron chi connectivity index (χ0n) is 6.85. The van der Waals surface area contributed by atoms with E-state index in [1.54, 1.807) is 12.3 Å². The van der Waals surface area contributed by atoms with Crippen LogP contribution in [0.2, 0.25) is 0 Å². The highest BCUT2D eigenvalue weighted by Gasteiger charge is 2.11. The lowest BCUT2D eigenvalue weighted by molar-refractivity contribution is 0.595. The molecule has 0 aliphatic heterocycles.